The van der Waals surface area contributed by atoms with Crippen molar-refractivity contribution in [2.24, 2.45) is 5.92 Å². The first kappa shape index (κ1) is 16.4. The molecule has 1 heterocycles. The van der Waals surface area contributed by atoms with E-state index >= 15 is 0 Å². The average molecular weight is 356 g/mol. The van der Waals surface area contributed by atoms with E-state index in [1.54, 1.807) is 12.1 Å². The van der Waals surface area contributed by atoms with E-state index in [1.165, 1.54) is 12.8 Å². The molecule has 0 bridgehead atoms. The molecule has 1 saturated heterocycles. The van der Waals surface area contributed by atoms with Crippen LogP contribution >= 0.6 is 15.9 Å². The minimum Gasteiger partial charge on any atom is -0.317 e. The summed E-state index contributed by atoms with van der Waals surface area (Å²) in [7, 11) is 0. The van der Waals surface area contributed by atoms with E-state index in [9.17, 15) is 10.1 Å². The van der Waals surface area contributed by atoms with Crippen LogP contribution in [-0.2, 0) is 6.54 Å². The average Bonchev–Trinajstić information content (AvgIpc) is 2.48. The van der Waals surface area contributed by atoms with Gasteiger partial charge in [-0.25, -0.2) is 0 Å². The predicted octanol–water partition coefficient (Wildman–Crippen LogP) is 3.18. The zero-order valence-corrected chi connectivity index (χ0v) is 13.9. The Bertz CT molecular complexity index is 488. The van der Waals surface area contributed by atoms with E-state index < -0.39 is 0 Å². The third-order valence-electron chi connectivity index (χ3n) is 4.03. The maximum absolute atomic E-state index is 10.7. The lowest BCUT2D eigenvalue weighted by Crippen LogP contribution is -2.36. The van der Waals surface area contributed by atoms with Crippen molar-refractivity contribution in [3.63, 3.8) is 0 Å². The number of nitrogens with zero attached hydrogens (tertiary/aromatic N) is 2. The number of nitro benzene ring substituents is 1. The van der Waals surface area contributed by atoms with Crippen molar-refractivity contribution in [3.8, 4) is 0 Å². The first-order valence-corrected chi connectivity index (χ1v) is 8.25. The highest BCUT2D eigenvalue weighted by molar-refractivity contribution is 9.10. The van der Waals surface area contributed by atoms with Crippen LogP contribution in [0.5, 0.6) is 0 Å². The molecule has 2 rings (SSSR count). The predicted molar refractivity (Wildman–Crippen MR) is 87.3 cm³/mol. The number of nitro groups is 1. The summed E-state index contributed by atoms with van der Waals surface area (Å²) in [5.74, 6) is 0.779. The molecular weight excluding hydrogens is 334 g/mol. The Labute approximate surface area is 134 Å². The molecular formula is C15H22BrN3O2. The Morgan fingerprint density at radius 1 is 1.43 bits per heavy atom. The molecule has 0 spiro atoms. The van der Waals surface area contributed by atoms with Crippen LogP contribution in [0, 0.1) is 16.0 Å². The lowest BCUT2D eigenvalue weighted by atomic mass is 9.96. The fraction of sp³-hybridized carbons (Fsp3) is 0.600. The molecule has 5 nitrogen and oxygen atoms in total. The SMILES string of the molecule is CCNCC1CCN(Cc2ccc([N+](=O)[O-])cc2Br)CC1. The molecule has 1 aliphatic rings. The molecule has 0 atom stereocenters. The van der Waals surface area contributed by atoms with Crippen LogP contribution in [0.25, 0.3) is 0 Å². The van der Waals surface area contributed by atoms with Gasteiger partial charge >= 0.3 is 0 Å². The number of piperidine rings is 1. The monoisotopic (exact) mass is 355 g/mol. The van der Waals surface area contributed by atoms with E-state index in [-0.39, 0.29) is 10.6 Å². The molecule has 0 radical (unpaired) electrons. The fourth-order valence-corrected chi connectivity index (χ4v) is 3.21. The van der Waals surface area contributed by atoms with Gasteiger partial charge in [0.15, 0.2) is 0 Å². The zero-order chi connectivity index (χ0) is 15.2. The lowest BCUT2D eigenvalue weighted by molar-refractivity contribution is -0.384. The number of hydrogen-bond donors (Lipinski definition) is 1. The molecule has 1 aliphatic heterocycles. The third kappa shape index (κ3) is 4.76. The Morgan fingerprint density at radius 2 is 2.14 bits per heavy atom. The molecule has 0 unspecified atom stereocenters. The molecule has 21 heavy (non-hydrogen) atoms. The van der Waals surface area contributed by atoms with Gasteiger partial charge < -0.3 is 5.32 Å². The van der Waals surface area contributed by atoms with Gasteiger partial charge in [0, 0.05) is 23.2 Å². The number of nitrogens with one attached hydrogen (secondary N) is 1. The van der Waals surface area contributed by atoms with E-state index in [0.29, 0.717) is 0 Å². The van der Waals surface area contributed by atoms with Gasteiger partial charge in [0.1, 0.15) is 0 Å². The summed E-state index contributed by atoms with van der Waals surface area (Å²) in [4.78, 5) is 12.8. The number of likely N-dealkylation sites (tertiary alicyclic amines) is 1. The highest BCUT2D eigenvalue weighted by atomic mass is 79.9. The highest BCUT2D eigenvalue weighted by Crippen LogP contribution is 2.26. The normalized spacial score (nSPS) is 17.0. The number of rotatable bonds is 6. The number of halogens is 1. The van der Waals surface area contributed by atoms with Gasteiger partial charge in [-0.1, -0.05) is 22.9 Å². The second-order valence-corrected chi connectivity index (χ2v) is 6.41. The van der Waals surface area contributed by atoms with Crippen molar-refractivity contribution < 1.29 is 4.92 Å². The molecule has 1 aromatic carbocycles. The quantitative estimate of drug-likeness (QED) is 0.628. The van der Waals surface area contributed by atoms with Crippen LogP contribution in [0.1, 0.15) is 25.3 Å². The Hall–Kier alpha value is -0.980. The summed E-state index contributed by atoms with van der Waals surface area (Å²) in [6, 6.07) is 5.03. The lowest BCUT2D eigenvalue weighted by Gasteiger charge is -2.32. The minimum atomic E-state index is -0.360. The van der Waals surface area contributed by atoms with Crippen LogP contribution < -0.4 is 5.32 Å². The second-order valence-electron chi connectivity index (χ2n) is 5.56. The maximum Gasteiger partial charge on any atom is 0.270 e. The molecule has 116 valence electrons. The van der Waals surface area contributed by atoms with Crippen molar-refractivity contribution in [2.45, 2.75) is 26.3 Å². The summed E-state index contributed by atoms with van der Waals surface area (Å²) >= 11 is 3.45. The van der Waals surface area contributed by atoms with Crippen molar-refractivity contribution in [1.82, 2.24) is 10.2 Å². The number of hydrogen-bond acceptors (Lipinski definition) is 4. The smallest absolute Gasteiger partial charge is 0.270 e. The Kier molecular flexibility index (Phi) is 6.14. The fourth-order valence-electron chi connectivity index (χ4n) is 2.72. The number of benzene rings is 1. The maximum atomic E-state index is 10.7. The molecule has 1 aromatic rings. The van der Waals surface area contributed by atoms with Crippen molar-refractivity contribution in [1.29, 1.82) is 0 Å². The van der Waals surface area contributed by atoms with Crippen molar-refractivity contribution >= 4 is 21.6 Å². The van der Waals surface area contributed by atoms with Crippen LogP contribution in [-0.4, -0.2) is 36.0 Å². The largest absolute Gasteiger partial charge is 0.317 e. The van der Waals surface area contributed by atoms with E-state index in [4.69, 9.17) is 0 Å². The van der Waals surface area contributed by atoms with Gasteiger partial charge in [0.05, 0.1) is 4.92 Å². The molecule has 0 aliphatic carbocycles. The van der Waals surface area contributed by atoms with Gasteiger partial charge in [-0.15, -0.1) is 0 Å². The standard InChI is InChI=1S/C15H22BrN3O2/c1-2-17-10-12-5-7-18(8-6-12)11-13-3-4-14(19(20)21)9-15(13)16/h3-4,9,12,17H,2,5-8,10-11H2,1H3. The van der Waals surface area contributed by atoms with Crippen LogP contribution in [0.15, 0.2) is 22.7 Å². The van der Waals surface area contributed by atoms with Crippen molar-refractivity contribution in [3.05, 3.63) is 38.3 Å². The summed E-state index contributed by atoms with van der Waals surface area (Å²) < 4.78 is 0.825. The summed E-state index contributed by atoms with van der Waals surface area (Å²) in [5.41, 5.74) is 1.25. The van der Waals surface area contributed by atoms with E-state index in [0.717, 1.165) is 48.7 Å². The Balaban J connectivity index is 1.87. The van der Waals surface area contributed by atoms with Crippen molar-refractivity contribution in [2.75, 3.05) is 26.2 Å². The topological polar surface area (TPSA) is 58.4 Å². The summed E-state index contributed by atoms with van der Waals surface area (Å²) in [6.07, 6.45) is 2.44. The van der Waals surface area contributed by atoms with Gasteiger partial charge in [-0.05, 0) is 56.6 Å². The minimum absolute atomic E-state index is 0.134. The zero-order valence-electron chi connectivity index (χ0n) is 12.3. The molecule has 0 aromatic heterocycles. The molecule has 0 amide bonds. The first-order valence-electron chi connectivity index (χ1n) is 7.46. The Morgan fingerprint density at radius 3 is 2.71 bits per heavy atom. The van der Waals surface area contributed by atoms with E-state index in [1.807, 2.05) is 6.07 Å². The van der Waals surface area contributed by atoms with Gasteiger partial charge in [-0.3, -0.25) is 15.0 Å². The van der Waals surface area contributed by atoms with Gasteiger partial charge in [0.25, 0.3) is 5.69 Å². The number of non-ortho nitro benzene ring substituents is 1. The molecule has 1 fully saturated rings. The van der Waals surface area contributed by atoms with Crippen LogP contribution in [0.4, 0.5) is 5.69 Å². The molecule has 1 N–H and O–H groups in total. The summed E-state index contributed by atoms with van der Waals surface area (Å²) in [5, 5.41) is 14.2. The highest BCUT2D eigenvalue weighted by Gasteiger charge is 2.20. The van der Waals surface area contributed by atoms with Crippen LogP contribution in [0.2, 0.25) is 0 Å². The third-order valence-corrected chi connectivity index (χ3v) is 4.77. The first-order chi connectivity index (χ1) is 10.1. The van der Waals surface area contributed by atoms with Gasteiger partial charge in [0.2, 0.25) is 0 Å². The van der Waals surface area contributed by atoms with Gasteiger partial charge in [-0.2, -0.15) is 0 Å². The molecule has 6 heteroatoms. The summed E-state index contributed by atoms with van der Waals surface area (Å²) in [6.45, 7) is 7.34. The van der Waals surface area contributed by atoms with E-state index in [2.05, 4.69) is 33.1 Å². The second kappa shape index (κ2) is 7.87. The molecule has 0 saturated carbocycles. The van der Waals surface area contributed by atoms with Crippen LogP contribution in [0.3, 0.4) is 0 Å².